The number of hydrogen-bond acceptors (Lipinski definition) is 4. The fraction of sp³-hybridized carbons (Fsp3) is 0.190. The van der Waals surface area contributed by atoms with Gasteiger partial charge in [0.1, 0.15) is 5.82 Å². The summed E-state index contributed by atoms with van der Waals surface area (Å²) in [6, 6.07) is 10.6. The Bertz CT molecular complexity index is 984. The van der Waals surface area contributed by atoms with Crippen LogP contribution in [0.3, 0.4) is 0 Å². The minimum Gasteiger partial charge on any atom is -0.466 e. The number of nitrogens with zero attached hydrogens (tertiary/aromatic N) is 1. The molecule has 0 aromatic heterocycles. The maximum absolute atomic E-state index is 14.6. The molecule has 148 valence electrons. The van der Waals surface area contributed by atoms with E-state index >= 15 is 0 Å². The second-order valence-corrected chi connectivity index (χ2v) is 8.01. The van der Waals surface area contributed by atoms with Crippen molar-refractivity contribution in [2.75, 3.05) is 13.7 Å². The van der Waals surface area contributed by atoms with Gasteiger partial charge in [0.05, 0.1) is 23.6 Å². The van der Waals surface area contributed by atoms with Crippen LogP contribution in [0.4, 0.5) is 4.39 Å². The molecule has 0 aliphatic heterocycles. The van der Waals surface area contributed by atoms with Crippen molar-refractivity contribution in [3.8, 4) is 0 Å². The van der Waals surface area contributed by atoms with Gasteiger partial charge >= 0.3 is 5.97 Å². The zero-order valence-corrected chi connectivity index (χ0v) is 16.6. The highest BCUT2D eigenvalue weighted by Crippen LogP contribution is 2.34. The summed E-state index contributed by atoms with van der Waals surface area (Å²) < 4.78 is 46.9. The molecule has 0 aliphatic rings. The molecular weight excluding hydrogens is 381 g/mol. The average Bonchev–Trinajstić information content (AvgIpc) is 2.68. The molecule has 1 atom stereocenters. The quantitative estimate of drug-likeness (QED) is 0.382. The maximum Gasteiger partial charge on any atom is 0.335 e. The number of ether oxygens (including phenoxy) is 1. The van der Waals surface area contributed by atoms with Crippen molar-refractivity contribution in [3.05, 3.63) is 90.3 Å². The van der Waals surface area contributed by atoms with Gasteiger partial charge in [-0.1, -0.05) is 48.6 Å². The lowest BCUT2D eigenvalue weighted by atomic mass is 9.99. The molecular formula is C21H22FNO4S. The second-order valence-electron chi connectivity index (χ2n) is 6.12. The van der Waals surface area contributed by atoms with Crippen LogP contribution in [0.1, 0.15) is 17.2 Å². The third-order valence-electron chi connectivity index (χ3n) is 4.20. The molecule has 2 rings (SSSR count). The predicted octanol–water partition coefficient (Wildman–Crippen LogP) is 3.78. The lowest BCUT2D eigenvalue weighted by molar-refractivity contribution is -0.136. The van der Waals surface area contributed by atoms with E-state index in [1.807, 2.05) is 6.92 Å². The molecule has 0 amide bonds. The van der Waals surface area contributed by atoms with E-state index in [1.54, 1.807) is 18.2 Å². The molecule has 0 aliphatic carbocycles. The largest absolute Gasteiger partial charge is 0.466 e. The van der Waals surface area contributed by atoms with Crippen LogP contribution in [-0.4, -0.2) is 32.3 Å². The van der Waals surface area contributed by atoms with E-state index in [0.29, 0.717) is 0 Å². The van der Waals surface area contributed by atoms with Crippen molar-refractivity contribution < 1.29 is 22.3 Å². The Balaban J connectivity index is 2.69. The van der Waals surface area contributed by atoms with Gasteiger partial charge in [-0.2, -0.15) is 4.31 Å². The van der Waals surface area contributed by atoms with Gasteiger partial charge in [-0.15, -0.1) is 6.58 Å². The normalized spacial score (nSPS) is 12.4. The molecule has 0 heterocycles. The number of carbonyl (C=O) groups is 1. The van der Waals surface area contributed by atoms with E-state index in [2.05, 4.69) is 13.2 Å². The van der Waals surface area contributed by atoms with Gasteiger partial charge in [-0.05, 0) is 25.1 Å². The molecule has 0 spiro atoms. The van der Waals surface area contributed by atoms with Crippen molar-refractivity contribution in [3.63, 3.8) is 0 Å². The van der Waals surface area contributed by atoms with Gasteiger partial charge in [0.15, 0.2) is 0 Å². The van der Waals surface area contributed by atoms with Crippen LogP contribution in [0, 0.1) is 12.7 Å². The number of benzene rings is 2. The summed E-state index contributed by atoms with van der Waals surface area (Å²) in [6.07, 6.45) is 1.37. The van der Waals surface area contributed by atoms with Crippen molar-refractivity contribution in [1.29, 1.82) is 0 Å². The number of carbonyl (C=O) groups excluding carboxylic acids is 1. The van der Waals surface area contributed by atoms with Gasteiger partial charge < -0.3 is 4.74 Å². The predicted molar refractivity (Wildman–Crippen MR) is 106 cm³/mol. The maximum atomic E-state index is 14.6. The number of sulfonamides is 1. The van der Waals surface area contributed by atoms with E-state index in [9.17, 15) is 17.6 Å². The Labute approximate surface area is 164 Å². The van der Waals surface area contributed by atoms with Gasteiger partial charge in [-0.3, -0.25) is 0 Å². The fourth-order valence-electron chi connectivity index (χ4n) is 2.77. The van der Waals surface area contributed by atoms with Gasteiger partial charge in [0.2, 0.25) is 10.0 Å². The number of aryl methyl sites for hydroxylation is 1. The highest BCUT2D eigenvalue weighted by molar-refractivity contribution is 7.89. The number of hydrogen-bond donors (Lipinski definition) is 0. The van der Waals surface area contributed by atoms with E-state index in [4.69, 9.17) is 4.74 Å². The van der Waals surface area contributed by atoms with Crippen LogP contribution >= 0.6 is 0 Å². The molecule has 2 aromatic rings. The Hall–Kier alpha value is -2.77. The minimum atomic E-state index is -4.10. The lowest BCUT2D eigenvalue weighted by Gasteiger charge is -2.31. The monoisotopic (exact) mass is 403 g/mol. The summed E-state index contributed by atoms with van der Waals surface area (Å²) in [5.74, 6) is -1.49. The first-order valence-corrected chi connectivity index (χ1v) is 9.89. The first kappa shape index (κ1) is 21.5. The summed E-state index contributed by atoms with van der Waals surface area (Å²) in [5.41, 5.74) is 0.680. The van der Waals surface area contributed by atoms with E-state index < -0.39 is 27.9 Å². The molecule has 0 N–H and O–H groups in total. The van der Waals surface area contributed by atoms with Gasteiger partial charge in [0, 0.05) is 12.1 Å². The molecule has 0 fully saturated rings. The second kappa shape index (κ2) is 8.95. The molecule has 28 heavy (non-hydrogen) atoms. The molecule has 5 nitrogen and oxygen atoms in total. The van der Waals surface area contributed by atoms with Crippen LogP contribution in [0.25, 0.3) is 0 Å². The van der Waals surface area contributed by atoms with E-state index in [-0.39, 0.29) is 22.6 Å². The van der Waals surface area contributed by atoms with Crippen LogP contribution in [0.15, 0.2) is 78.2 Å². The number of rotatable bonds is 8. The molecule has 0 saturated carbocycles. The van der Waals surface area contributed by atoms with Crippen LogP contribution in [0.2, 0.25) is 0 Å². The van der Waals surface area contributed by atoms with E-state index in [0.717, 1.165) is 17.0 Å². The summed E-state index contributed by atoms with van der Waals surface area (Å²) >= 11 is 0. The Morgan fingerprint density at radius 3 is 2.36 bits per heavy atom. The zero-order chi connectivity index (χ0) is 20.9. The Morgan fingerprint density at radius 2 is 1.82 bits per heavy atom. The summed E-state index contributed by atoms with van der Waals surface area (Å²) in [4.78, 5) is 12.2. The minimum absolute atomic E-state index is 0.00423. The van der Waals surface area contributed by atoms with Crippen LogP contribution in [-0.2, 0) is 19.6 Å². The molecule has 0 radical (unpaired) electrons. The average molecular weight is 403 g/mol. The van der Waals surface area contributed by atoms with Crippen molar-refractivity contribution >= 4 is 16.0 Å². The first-order chi connectivity index (χ1) is 13.2. The fourth-order valence-corrected chi connectivity index (χ4v) is 4.34. The topological polar surface area (TPSA) is 63.7 Å². The first-order valence-electron chi connectivity index (χ1n) is 8.45. The highest BCUT2D eigenvalue weighted by Gasteiger charge is 2.37. The number of halogens is 1. The van der Waals surface area contributed by atoms with Crippen LogP contribution in [0.5, 0.6) is 0 Å². The Kier molecular flexibility index (Phi) is 6.88. The van der Waals surface area contributed by atoms with E-state index in [1.165, 1.54) is 36.4 Å². The summed E-state index contributed by atoms with van der Waals surface area (Å²) in [6.45, 7) is 8.96. The SMILES string of the molecule is C=CCN([C@@H](C(=C)C(=O)OC)c1ccccc1F)S(=O)(=O)c1ccc(C)cc1. The van der Waals surface area contributed by atoms with Crippen molar-refractivity contribution in [2.24, 2.45) is 0 Å². The zero-order valence-electron chi connectivity index (χ0n) is 15.8. The summed E-state index contributed by atoms with van der Waals surface area (Å²) in [5, 5.41) is 0. The highest BCUT2D eigenvalue weighted by atomic mass is 32.2. The van der Waals surface area contributed by atoms with Gasteiger partial charge in [0.25, 0.3) is 0 Å². The molecule has 0 unspecified atom stereocenters. The van der Waals surface area contributed by atoms with Crippen molar-refractivity contribution in [1.82, 2.24) is 4.31 Å². The third kappa shape index (κ3) is 4.37. The van der Waals surface area contributed by atoms with Crippen LogP contribution < -0.4 is 0 Å². The molecule has 7 heteroatoms. The lowest BCUT2D eigenvalue weighted by Crippen LogP contribution is -2.38. The smallest absolute Gasteiger partial charge is 0.335 e. The standard InChI is InChI=1S/C21H22FNO4S/c1-5-14-23(28(25,26)17-12-10-15(2)11-13-17)20(16(3)21(24)27-4)18-8-6-7-9-19(18)22/h5-13,20H,1,3,14H2,2,4H3/t20-/m0/s1. The number of methoxy groups -OCH3 is 1. The summed E-state index contributed by atoms with van der Waals surface area (Å²) in [7, 11) is -2.95. The van der Waals surface area contributed by atoms with Crippen molar-refractivity contribution in [2.45, 2.75) is 17.9 Å². The molecule has 2 aromatic carbocycles. The molecule has 0 saturated heterocycles. The number of esters is 1. The molecule has 0 bridgehead atoms. The van der Waals surface area contributed by atoms with Gasteiger partial charge in [-0.25, -0.2) is 17.6 Å². The Morgan fingerprint density at radius 1 is 1.21 bits per heavy atom. The third-order valence-corrected chi connectivity index (χ3v) is 6.05.